The van der Waals surface area contributed by atoms with Crippen molar-refractivity contribution < 1.29 is 4.39 Å². The van der Waals surface area contributed by atoms with Crippen molar-refractivity contribution in [3.8, 4) is 6.07 Å². The number of nitriles is 1. The van der Waals surface area contributed by atoms with Crippen molar-refractivity contribution in [2.24, 2.45) is 0 Å². The predicted molar refractivity (Wildman–Crippen MR) is 46.1 cm³/mol. The Bertz CT molecular complexity index is 352. The summed E-state index contributed by atoms with van der Waals surface area (Å²) in [6.07, 6.45) is 2.82. The van der Waals surface area contributed by atoms with Crippen molar-refractivity contribution >= 4 is 17.7 Å². The first-order valence-electron chi connectivity index (χ1n) is 3.25. The van der Waals surface area contributed by atoms with Crippen LogP contribution in [0.3, 0.4) is 0 Å². The Morgan fingerprint density at radius 1 is 1.50 bits per heavy atom. The van der Waals surface area contributed by atoms with Gasteiger partial charge in [-0.1, -0.05) is 17.7 Å². The van der Waals surface area contributed by atoms with Crippen molar-refractivity contribution in [1.82, 2.24) is 0 Å². The monoisotopic (exact) mass is 181 g/mol. The van der Waals surface area contributed by atoms with E-state index in [9.17, 15) is 4.39 Å². The largest absolute Gasteiger partial charge is 0.207 e. The third-order valence-corrected chi connectivity index (χ3v) is 1.63. The molecule has 0 amide bonds. The van der Waals surface area contributed by atoms with Crippen LogP contribution >= 0.6 is 11.6 Å². The van der Waals surface area contributed by atoms with Crippen molar-refractivity contribution in [2.75, 3.05) is 0 Å². The molecule has 0 aliphatic heterocycles. The molecule has 0 unspecified atom stereocenters. The molecule has 0 spiro atoms. The molecule has 1 aromatic rings. The minimum absolute atomic E-state index is 0.307. The fraction of sp³-hybridized carbons (Fsp3) is 0. The lowest BCUT2D eigenvalue weighted by Gasteiger charge is -1.95. The van der Waals surface area contributed by atoms with Crippen LogP contribution in [0, 0.1) is 17.1 Å². The van der Waals surface area contributed by atoms with Crippen LogP contribution in [0.2, 0.25) is 5.02 Å². The lowest BCUT2D eigenvalue weighted by molar-refractivity contribution is 0.628. The van der Waals surface area contributed by atoms with Crippen LogP contribution in [0.15, 0.2) is 24.3 Å². The molecule has 1 aromatic carbocycles. The third-order valence-electron chi connectivity index (χ3n) is 1.30. The summed E-state index contributed by atoms with van der Waals surface area (Å²) in [5.41, 5.74) is 0.639. The summed E-state index contributed by atoms with van der Waals surface area (Å²) < 4.78 is 12.5. The molecular formula is C9H5ClFN. The Hall–Kier alpha value is -1.33. The molecule has 0 N–H and O–H groups in total. The van der Waals surface area contributed by atoms with E-state index in [0.29, 0.717) is 10.6 Å². The molecule has 0 radical (unpaired) electrons. The number of nitrogens with zero attached hydrogens (tertiary/aromatic N) is 1. The minimum Gasteiger partial charge on any atom is -0.207 e. The topological polar surface area (TPSA) is 23.8 Å². The van der Waals surface area contributed by atoms with Gasteiger partial charge in [0.25, 0.3) is 0 Å². The summed E-state index contributed by atoms with van der Waals surface area (Å²) in [7, 11) is 0. The van der Waals surface area contributed by atoms with Gasteiger partial charge in [0.05, 0.1) is 11.1 Å². The zero-order chi connectivity index (χ0) is 8.97. The van der Waals surface area contributed by atoms with E-state index >= 15 is 0 Å². The first kappa shape index (κ1) is 8.76. The van der Waals surface area contributed by atoms with Gasteiger partial charge in [-0.05, 0) is 23.8 Å². The van der Waals surface area contributed by atoms with Crippen molar-refractivity contribution in [1.29, 1.82) is 5.26 Å². The Kier molecular flexibility index (Phi) is 2.84. The fourth-order valence-electron chi connectivity index (χ4n) is 0.764. The van der Waals surface area contributed by atoms with E-state index in [1.807, 2.05) is 6.07 Å². The summed E-state index contributed by atoms with van der Waals surface area (Å²) in [5.74, 6) is -0.380. The van der Waals surface area contributed by atoms with Crippen LogP contribution < -0.4 is 0 Å². The number of hydrogen-bond acceptors (Lipinski definition) is 1. The second kappa shape index (κ2) is 3.89. The molecule has 60 valence electrons. The van der Waals surface area contributed by atoms with Gasteiger partial charge in [0.2, 0.25) is 0 Å². The van der Waals surface area contributed by atoms with Gasteiger partial charge in [-0.15, -0.1) is 0 Å². The van der Waals surface area contributed by atoms with E-state index in [1.165, 1.54) is 30.4 Å². The van der Waals surface area contributed by atoms with Crippen LogP contribution in [0.4, 0.5) is 4.39 Å². The fourth-order valence-corrected chi connectivity index (χ4v) is 0.994. The highest BCUT2D eigenvalue weighted by atomic mass is 35.5. The Labute approximate surface area is 74.7 Å². The van der Waals surface area contributed by atoms with E-state index in [4.69, 9.17) is 16.9 Å². The average Bonchev–Trinajstić information content (AvgIpc) is 2.03. The van der Waals surface area contributed by atoms with Gasteiger partial charge in [0.15, 0.2) is 0 Å². The van der Waals surface area contributed by atoms with Crippen molar-refractivity contribution in [3.05, 3.63) is 40.7 Å². The summed E-state index contributed by atoms with van der Waals surface area (Å²) in [5, 5.41) is 8.53. The van der Waals surface area contributed by atoms with Crippen LogP contribution in [0.25, 0.3) is 6.08 Å². The highest BCUT2D eigenvalue weighted by Crippen LogP contribution is 2.18. The van der Waals surface area contributed by atoms with E-state index < -0.39 is 0 Å². The predicted octanol–water partition coefficient (Wildman–Crippen LogP) is 3.02. The Morgan fingerprint density at radius 3 is 2.83 bits per heavy atom. The number of benzene rings is 1. The van der Waals surface area contributed by atoms with E-state index in [1.54, 1.807) is 0 Å². The molecule has 0 aromatic heterocycles. The van der Waals surface area contributed by atoms with E-state index in [-0.39, 0.29) is 5.82 Å². The number of hydrogen-bond donors (Lipinski definition) is 0. The van der Waals surface area contributed by atoms with Gasteiger partial charge in [0.1, 0.15) is 5.82 Å². The van der Waals surface area contributed by atoms with Crippen molar-refractivity contribution in [3.63, 3.8) is 0 Å². The normalized spacial score (nSPS) is 10.1. The van der Waals surface area contributed by atoms with Crippen LogP contribution in [0.1, 0.15) is 5.56 Å². The SMILES string of the molecule is N#C/C=C/c1ccc(F)cc1Cl. The van der Waals surface area contributed by atoms with Gasteiger partial charge in [-0.2, -0.15) is 5.26 Å². The maximum atomic E-state index is 12.5. The molecule has 0 saturated heterocycles. The Balaban J connectivity index is 3.03. The number of halogens is 2. The maximum absolute atomic E-state index is 12.5. The van der Waals surface area contributed by atoms with Gasteiger partial charge in [-0.25, -0.2) is 4.39 Å². The third kappa shape index (κ3) is 2.08. The molecule has 0 fully saturated rings. The molecule has 0 atom stereocenters. The maximum Gasteiger partial charge on any atom is 0.124 e. The van der Waals surface area contributed by atoms with Gasteiger partial charge < -0.3 is 0 Å². The molecule has 0 aliphatic carbocycles. The Morgan fingerprint density at radius 2 is 2.25 bits per heavy atom. The standard InChI is InChI=1S/C9H5ClFN/c10-9-6-8(11)4-3-7(9)2-1-5-12/h1-4,6H/b2-1+. The summed E-state index contributed by atoms with van der Waals surface area (Å²) in [6, 6.07) is 5.85. The minimum atomic E-state index is -0.380. The molecule has 0 bridgehead atoms. The van der Waals surface area contributed by atoms with Gasteiger partial charge >= 0.3 is 0 Å². The molecule has 1 rings (SSSR count). The number of rotatable bonds is 1. The summed E-state index contributed by atoms with van der Waals surface area (Å²) in [4.78, 5) is 0. The lowest BCUT2D eigenvalue weighted by Crippen LogP contribution is -1.77. The van der Waals surface area contributed by atoms with Crippen molar-refractivity contribution in [2.45, 2.75) is 0 Å². The van der Waals surface area contributed by atoms with Gasteiger partial charge in [-0.3, -0.25) is 0 Å². The van der Waals surface area contributed by atoms with Gasteiger partial charge in [0, 0.05) is 6.08 Å². The first-order chi connectivity index (χ1) is 5.74. The zero-order valence-corrected chi connectivity index (χ0v) is 6.85. The molecular weight excluding hydrogens is 177 g/mol. The van der Waals surface area contributed by atoms with E-state index in [2.05, 4.69) is 0 Å². The van der Waals surface area contributed by atoms with Crippen LogP contribution in [0.5, 0.6) is 0 Å². The second-order valence-electron chi connectivity index (χ2n) is 2.13. The molecule has 0 saturated carbocycles. The van der Waals surface area contributed by atoms with Crippen LogP contribution in [-0.2, 0) is 0 Å². The molecule has 0 aliphatic rings. The van der Waals surface area contributed by atoms with E-state index in [0.717, 1.165) is 0 Å². The smallest absolute Gasteiger partial charge is 0.124 e. The quantitative estimate of drug-likeness (QED) is 0.611. The lowest BCUT2D eigenvalue weighted by atomic mass is 10.2. The second-order valence-corrected chi connectivity index (χ2v) is 2.54. The average molecular weight is 182 g/mol. The molecule has 1 nitrogen and oxygen atoms in total. The highest BCUT2D eigenvalue weighted by Gasteiger charge is 1.97. The zero-order valence-electron chi connectivity index (χ0n) is 6.09. The summed E-state index contributed by atoms with van der Waals surface area (Å²) in [6.45, 7) is 0. The highest BCUT2D eigenvalue weighted by molar-refractivity contribution is 6.32. The first-order valence-corrected chi connectivity index (χ1v) is 3.63. The summed E-state index contributed by atoms with van der Waals surface area (Å²) >= 11 is 5.66. The van der Waals surface area contributed by atoms with Crippen LogP contribution in [-0.4, -0.2) is 0 Å². The molecule has 3 heteroatoms. The molecule has 0 heterocycles. The molecule has 12 heavy (non-hydrogen) atoms. The number of allylic oxidation sites excluding steroid dienone is 1.